The molecule has 1 atom stereocenters. The summed E-state index contributed by atoms with van der Waals surface area (Å²) >= 11 is 6.35. The van der Waals surface area contributed by atoms with Crippen LogP contribution in [0.1, 0.15) is 44.1 Å². The van der Waals surface area contributed by atoms with Gasteiger partial charge in [0.05, 0.1) is 22.0 Å². The van der Waals surface area contributed by atoms with Crippen LogP contribution in [0.15, 0.2) is 35.6 Å². The predicted octanol–water partition coefficient (Wildman–Crippen LogP) is 3.12. The van der Waals surface area contributed by atoms with Crippen molar-refractivity contribution in [3.63, 3.8) is 0 Å². The minimum Gasteiger partial charge on any atom is -0.383 e. The van der Waals surface area contributed by atoms with Gasteiger partial charge in [-0.25, -0.2) is 19.9 Å². The Morgan fingerprint density at radius 1 is 1.28 bits per heavy atom. The SMILES string of the molecule is CC[C@H](Nc1ncnc(N)c1-c1ncn(C)n1)c1nc2cccc(Cl)c2c(=O)n1C1CC1. The molecule has 0 saturated heterocycles. The van der Waals surface area contributed by atoms with Crippen LogP contribution in [0.25, 0.3) is 22.3 Å². The fourth-order valence-corrected chi connectivity index (χ4v) is 4.10. The summed E-state index contributed by atoms with van der Waals surface area (Å²) in [5.41, 5.74) is 7.12. The second-order valence-electron chi connectivity index (χ2n) is 7.84. The number of hydrogen-bond acceptors (Lipinski definition) is 8. The van der Waals surface area contributed by atoms with Crippen LogP contribution >= 0.6 is 11.6 Å². The molecule has 11 heteroatoms. The molecule has 1 aliphatic rings. The Hall–Kier alpha value is -3.53. The largest absolute Gasteiger partial charge is 0.383 e. The number of anilines is 2. The van der Waals surface area contributed by atoms with Gasteiger partial charge in [0.2, 0.25) is 0 Å². The summed E-state index contributed by atoms with van der Waals surface area (Å²) in [6, 6.07) is 5.14. The average molecular weight is 452 g/mol. The predicted molar refractivity (Wildman–Crippen MR) is 122 cm³/mol. The molecule has 1 saturated carbocycles. The van der Waals surface area contributed by atoms with Gasteiger partial charge in [-0.15, -0.1) is 0 Å². The molecule has 3 N–H and O–H groups in total. The van der Waals surface area contributed by atoms with Gasteiger partial charge in [-0.2, -0.15) is 5.10 Å². The molecule has 1 fully saturated rings. The van der Waals surface area contributed by atoms with Crippen molar-refractivity contribution in [3.8, 4) is 11.4 Å². The lowest BCUT2D eigenvalue weighted by molar-refractivity contribution is 0.579. The number of aromatic nitrogens is 7. The molecule has 1 aromatic carbocycles. The van der Waals surface area contributed by atoms with Crippen molar-refractivity contribution in [2.45, 2.75) is 38.3 Å². The molecule has 3 heterocycles. The van der Waals surface area contributed by atoms with Crippen molar-refractivity contribution < 1.29 is 0 Å². The third kappa shape index (κ3) is 3.46. The molecule has 0 aliphatic heterocycles. The Morgan fingerprint density at radius 2 is 2.09 bits per heavy atom. The Bertz CT molecular complexity index is 1380. The van der Waals surface area contributed by atoms with E-state index in [1.807, 2.05) is 13.0 Å². The summed E-state index contributed by atoms with van der Waals surface area (Å²) in [6.45, 7) is 2.02. The highest BCUT2D eigenvalue weighted by molar-refractivity contribution is 6.35. The van der Waals surface area contributed by atoms with E-state index in [4.69, 9.17) is 22.3 Å². The van der Waals surface area contributed by atoms with E-state index in [1.54, 1.807) is 34.8 Å². The number of halogens is 1. The Balaban J connectivity index is 1.64. The number of hydrogen-bond donors (Lipinski definition) is 2. The van der Waals surface area contributed by atoms with Crippen molar-refractivity contribution in [3.05, 3.63) is 52.1 Å². The zero-order chi connectivity index (χ0) is 22.4. The van der Waals surface area contributed by atoms with Gasteiger partial charge in [-0.3, -0.25) is 14.0 Å². The number of nitrogen functional groups attached to an aromatic ring is 1. The molecule has 0 unspecified atom stereocenters. The maximum atomic E-state index is 13.4. The minimum atomic E-state index is -0.302. The van der Waals surface area contributed by atoms with E-state index in [2.05, 4.69) is 25.4 Å². The number of nitrogens with zero attached hydrogens (tertiary/aromatic N) is 7. The van der Waals surface area contributed by atoms with E-state index in [9.17, 15) is 4.79 Å². The van der Waals surface area contributed by atoms with Crippen molar-refractivity contribution in [2.75, 3.05) is 11.1 Å². The van der Waals surface area contributed by atoms with Crippen LogP contribution < -0.4 is 16.6 Å². The fourth-order valence-electron chi connectivity index (χ4n) is 3.85. The van der Waals surface area contributed by atoms with Gasteiger partial charge in [-0.1, -0.05) is 24.6 Å². The Morgan fingerprint density at radius 3 is 2.78 bits per heavy atom. The standard InChI is InChI=1S/C21H22ClN9O/c1-3-13(27-18-16(17(23)24-9-25-18)19-26-10-30(2)29-19)20-28-14-6-4-5-12(22)15(14)21(32)31(20)11-7-8-11/h4-6,9-11,13H,3,7-8H2,1-2H3,(H3,23,24,25,27)/t13-/m0/s1. The molecule has 1 aliphatic carbocycles. The van der Waals surface area contributed by atoms with Crippen LogP contribution in [0.5, 0.6) is 0 Å². The number of benzene rings is 1. The van der Waals surface area contributed by atoms with Crippen molar-refractivity contribution >= 4 is 34.1 Å². The van der Waals surface area contributed by atoms with Gasteiger partial charge < -0.3 is 11.1 Å². The summed E-state index contributed by atoms with van der Waals surface area (Å²) in [5, 5.41) is 8.62. The second-order valence-corrected chi connectivity index (χ2v) is 8.25. The third-order valence-electron chi connectivity index (χ3n) is 5.55. The van der Waals surface area contributed by atoms with Gasteiger partial charge in [0.15, 0.2) is 5.82 Å². The molecule has 0 spiro atoms. The second kappa shape index (κ2) is 7.86. The molecule has 5 rings (SSSR count). The summed E-state index contributed by atoms with van der Waals surface area (Å²) < 4.78 is 3.36. The molecule has 3 aromatic heterocycles. The third-order valence-corrected chi connectivity index (χ3v) is 5.86. The summed E-state index contributed by atoms with van der Waals surface area (Å²) in [4.78, 5) is 31.1. The topological polar surface area (TPSA) is 129 Å². The normalized spacial score (nSPS) is 14.6. The van der Waals surface area contributed by atoms with Gasteiger partial charge >= 0.3 is 0 Å². The molecule has 4 aromatic rings. The number of fused-ring (bicyclic) bond motifs is 1. The molecule has 0 bridgehead atoms. The summed E-state index contributed by atoms with van der Waals surface area (Å²) in [5.74, 6) is 1.81. The van der Waals surface area contributed by atoms with Gasteiger partial charge in [-0.05, 0) is 31.4 Å². The van der Waals surface area contributed by atoms with Crippen LogP contribution in [0, 0.1) is 0 Å². The first-order valence-corrected chi connectivity index (χ1v) is 10.8. The summed E-state index contributed by atoms with van der Waals surface area (Å²) in [7, 11) is 1.77. The number of nitrogens with one attached hydrogen (secondary N) is 1. The maximum absolute atomic E-state index is 13.4. The van der Waals surface area contributed by atoms with E-state index < -0.39 is 0 Å². The highest BCUT2D eigenvalue weighted by Crippen LogP contribution is 2.38. The van der Waals surface area contributed by atoms with Crippen LogP contribution in [-0.4, -0.2) is 34.3 Å². The molecule has 32 heavy (non-hydrogen) atoms. The van der Waals surface area contributed by atoms with E-state index >= 15 is 0 Å². The lowest BCUT2D eigenvalue weighted by Gasteiger charge is -2.23. The molecule has 0 radical (unpaired) electrons. The fraction of sp³-hybridized carbons (Fsp3) is 0.333. The zero-order valence-electron chi connectivity index (χ0n) is 17.7. The average Bonchev–Trinajstić information content (AvgIpc) is 3.51. The zero-order valence-corrected chi connectivity index (χ0v) is 18.4. The highest BCUT2D eigenvalue weighted by atomic mass is 35.5. The van der Waals surface area contributed by atoms with Crippen molar-refractivity contribution in [2.24, 2.45) is 7.05 Å². The molecule has 10 nitrogen and oxygen atoms in total. The first kappa shape index (κ1) is 20.4. The number of nitrogens with two attached hydrogens (primary N) is 1. The molecule has 164 valence electrons. The van der Waals surface area contributed by atoms with Crippen LogP contribution in [0.2, 0.25) is 5.02 Å². The van der Waals surface area contributed by atoms with Crippen molar-refractivity contribution in [1.29, 1.82) is 0 Å². The first-order valence-electron chi connectivity index (χ1n) is 10.4. The van der Waals surface area contributed by atoms with Gasteiger partial charge in [0.25, 0.3) is 5.56 Å². The lowest BCUT2D eigenvalue weighted by Crippen LogP contribution is -2.29. The lowest BCUT2D eigenvalue weighted by atomic mass is 10.1. The highest BCUT2D eigenvalue weighted by Gasteiger charge is 2.32. The summed E-state index contributed by atoms with van der Waals surface area (Å²) in [6.07, 6.45) is 5.50. The molecular formula is C21H22ClN9O. The minimum absolute atomic E-state index is 0.118. The number of rotatable bonds is 6. The first-order chi connectivity index (χ1) is 15.5. The van der Waals surface area contributed by atoms with E-state index in [-0.39, 0.29) is 23.5 Å². The van der Waals surface area contributed by atoms with Crippen molar-refractivity contribution in [1.82, 2.24) is 34.3 Å². The molecular weight excluding hydrogens is 430 g/mol. The quantitative estimate of drug-likeness (QED) is 0.457. The van der Waals surface area contributed by atoms with Gasteiger partial charge in [0, 0.05) is 13.1 Å². The molecule has 0 amide bonds. The monoisotopic (exact) mass is 451 g/mol. The maximum Gasteiger partial charge on any atom is 0.263 e. The van der Waals surface area contributed by atoms with E-state index in [0.29, 0.717) is 45.4 Å². The smallest absolute Gasteiger partial charge is 0.263 e. The Kier molecular flexibility index (Phi) is 5.01. The Labute approximate surface area is 188 Å². The van der Waals surface area contributed by atoms with E-state index in [1.165, 1.54) is 6.33 Å². The van der Waals surface area contributed by atoms with Crippen LogP contribution in [0.3, 0.4) is 0 Å². The van der Waals surface area contributed by atoms with Crippen LogP contribution in [-0.2, 0) is 7.05 Å². The van der Waals surface area contributed by atoms with Gasteiger partial charge in [0.1, 0.15) is 35.7 Å². The van der Waals surface area contributed by atoms with Crippen LogP contribution in [0.4, 0.5) is 11.6 Å². The van der Waals surface area contributed by atoms with E-state index in [0.717, 1.165) is 12.8 Å². The number of aryl methyl sites for hydroxylation is 1.